The number of aliphatic hydroxyl groups excluding tert-OH is 15. The van der Waals surface area contributed by atoms with Crippen molar-refractivity contribution in [1.29, 1.82) is 0 Å². The summed E-state index contributed by atoms with van der Waals surface area (Å²) < 4.78 is 48.6. The summed E-state index contributed by atoms with van der Waals surface area (Å²) in [7, 11) is 0. The van der Waals surface area contributed by atoms with Gasteiger partial charge in [-0.25, -0.2) is 0 Å². The van der Waals surface area contributed by atoms with Gasteiger partial charge in [-0.15, -0.1) is 0 Å². The fraction of sp³-hybridized carbons (Fsp3) is 0.962. The van der Waals surface area contributed by atoms with Crippen LogP contribution in [0.4, 0.5) is 0 Å². The van der Waals surface area contributed by atoms with Crippen LogP contribution >= 0.6 is 0 Å². The van der Waals surface area contributed by atoms with E-state index in [0.717, 1.165) is 12.8 Å². The van der Waals surface area contributed by atoms with Crippen molar-refractivity contribution < 1.29 is 114 Å². The van der Waals surface area contributed by atoms with Gasteiger partial charge in [0.15, 0.2) is 25.2 Å². The zero-order chi connectivity index (χ0) is 55.9. The van der Waals surface area contributed by atoms with Gasteiger partial charge >= 0.3 is 0 Å². The quantitative estimate of drug-likeness (QED) is 0.0557. The molecule has 8 aliphatic rings. The van der Waals surface area contributed by atoms with Crippen LogP contribution in [-0.2, 0) is 37.9 Å². The van der Waals surface area contributed by atoms with Gasteiger partial charge < -0.3 is 114 Å². The average molecular weight is 1100 g/mol. The van der Waals surface area contributed by atoms with Crippen LogP contribution < -0.4 is 0 Å². The maximum Gasteiger partial charge on any atom is 0.187 e. The second kappa shape index (κ2) is 22.9. The monoisotopic (exact) mass is 1090 g/mol. The molecule has 30 unspecified atom stereocenters. The van der Waals surface area contributed by atoms with Crippen LogP contribution in [0, 0.1) is 45.3 Å². The third-order valence-electron chi connectivity index (χ3n) is 20.8. The highest BCUT2D eigenvalue weighted by Gasteiger charge is 2.72. The number of rotatable bonds is 16. The van der Waals surface area contributed by atoms with E-state index in [1.807, 2.05) is 6.92 Å². The molecule has 0 aromatic heterocycles. The molecular weight excluding hydrogens is 1000 g/mol. The maximum absolute atomic E-state index is 12.8. The van der Waals surface area contributed by atoms with Crippen molar-refractivity contribution in [3.05, 3.63) is 12.2 Å². The van der Waals surface area contributed by atoms with Crippen LogP contribution in [0.3, 0.4) is 0 Å². The van der Waals surface area contributed by atoms with Crippen LogP contribution in [0.1, 0.15) is 106 Å². The lowest BCUT2D eigenvalue weighted by Gasteiger charge is -2.71. The molecule has 4 heterocycles. The second-order valence-electron chi connectivity index (χ2n) is 25.4. The fourth-order valence-electron chi connectivity index (χ4n) is 16.0. The highest BCUT2D eigenvalue weighted by atomic mass is 16.8. The molecule has 30 atom stereocenters. The molecule has 15 N–H and O–H groups in total. The molecule has 0 aromatic carbocycles. The average Bonchev–Trinajstić information content (AvgIpc) is 3.76. The van der Waals surface area contributed by atoms with Crippen molar-refractivity contribution in [3.63, 3.8) is 0 Å². The molecule has 0 spiro atoms. The van der Waals surface area contributed by atoms with Crippen molar-refractivity contribution in [3.8, 4) is 0 Å². The predicted molar refractivity (Wildman–Crippen MR) is 262 cm³/mol. The summed E-state index contributed by atoms with van der Waals surface area (Å²) in [5.41, 5.74) is -2.42. The van der Waals surface area contributed by atoms with Gasteiger partial charge in [-0.1, -0.05) is 46.8 Å². The molecule has 0 bridgehead atoms. The highest BCUT2D eigenvalue weighted by Crippen LogP contribution is 2.76. The molecule has 0 radical (unpaired) electrons. The van der Waals surface area contributed by atoms with Crippen LogP contribution in [0.5, 0.6) is 0 Å². The Morgan fingerprint density at radius 2 is 1.18 bits per heavy atom. The van der Waals surface area contributed by atoms with Crippen molar-refractivity contribution >= 4 is 0 Å². The minimum absolute atomic E-state index is 0.00672. The first-order chi connectivity index (χ1) is 35.5. The molecule has 4 aliphatic heterocycles. The summed E-state index contributed by atoms with van der Waals surface area (Å²) in [6.07, 6.45) is -27.3. The van der Waals surface area contributed by atoms with Crippen LogP contribution in [0.25, 0.3) is 0 Å². The summed E-state index contributed by atoms with van der Waals surface area (Å²) in [5.74, 6) is -0.690. The van der Waals surface area contributed by atoms with E-state index in [1.165, 1.54) is 0 Å². The van der Waals surface area contributed by atoms with E-state index in [-0.39, 0.29) is 54.0 Å². The Hall–Kier alpha value is -1.18. The molecule has 4 aliphatic carbocycles. The molecule has 8 fully saturated rings. The lowest BCUT2D eigenvalue weighted by atomic mass is 9.35. The van der Waals surface area contributed by atoms with E-state index in [0.29, 0.717) is 37.7 Å². The molecule has 23 heteroatoms. The molecule has 440 valence electrons. The van der Waals surface area contributed by atoms with Crippen molar-refractivity contribution in [2.45, 2.75) is 247 Å². The van der Waals surface area contributed by atoms with E-state index < -0.39 is 171 Å². The van der Waals surface area contributed by atoms with E-state index in [1.54, 1.807) is 6.92 Å². The predicted octanol–water partition coefficient (Wildman–Crippen LogP) is -2.59. The van der Waals surface area contributed by atoms with Gasteiger partial charge in [0.25, 0.3) is 0 Å². The number of fused-ring (bicyclic) bond motifs is 5. The number of ether oxygens (including phenoxy) is 8. The zero-order valence-corrected chi connectivity index (χ0v) is 44.9. The Labute approximate surface area is 444 Å². The highest BCUT2D eigenvalue weighted by molar-refractivity contribution is 5.20. The van der Waals surface area contributed by atoms with Gasteiger partial charge in [0.1, 0.15) is 91.6 Å². The topological polar surface area (TPSA) is 377 Å². The molecule has 23 nitrogen and oxygen atoms in total. The first-order valence-electron chi connectivity index (χ1n) is 27.4. The minimum Gasteiger partial charge on any atom is -0.394 e. The van der Waals surface area contributed by atoms with Crippen molar-refractivity contribution in [2.75, 3.05) is 26.4 Å². The molecular formula is C53H90O23. The first kappa shape index (κ1) is 60.9. The Balaban J connectivity index is 1.02. The normalized spacial score (nSPS) is 52.7. The van der Waals surface area contributed by atoms with Crippen LogP contribution in [-0.4, -0.2) is 244 Å². The van der Waals surface area contributed by atoms with Crippen molar-refractivity contribution in [2.24, 2.45) is 45.3 Å². The van der Waals surface area contributed by atoms with Crippen LogP contribution in [0.2, 0.25) is 0 Å². The number of aliphatic hydroxyl groups is 15. The van der Waals surface area contributed by atoms with E-state index in [9.17, 15) is 76.6 Å². The SMILES string of the molecule is C=C(C)C(O)CCC(C)(OC1OC(COC2OCC(O)C(O)C2O)C(O)C(O)C1O)C1CCC2(C)C1C(O)CC1C3(C)CCC(OC4OC(CO)C(O)C(O)C4OC4OC(CO)C(O)C(O)C4O)C(C)(C)C3CCC12C. The van der Waals surface area contributed by atoms with E-state index in [2.05, 4.69) is 41.2 Å². The standard InChI is InChI=1S/C53H90O23/c1-22(2)24(56)10-16-53(8,76-47-43(68)39(64)37(62)29(73-47)21-70-45-41(66)34(59)26(58)20-69-45)23-9-14-52(7)33(23)25(57)17-31-50(5)13-12-32(49(3,4)30(50)11-15-51(31,52)6)74-48-44(40(65)36(61)28(19-55)72-48)75-46-42(67)38(63)35(60)27(18-54)71-46/h23-48,54-68H,1,9-21H2,2-8H3. The second-order valence-corrected chi connectivity index (χ2v) is 25.4. The zero-order valence-electron chi connectivity index (χ0n) is 44.9. The number of hydrogen-bond acceptors (Lipinski definition) is 23. The van der Waals surface area contributed by atoms with Gasteiger partial charge in [-0.3, -0.25) is 0 Å². The van der Waals surface area contributed by atoms with Crippen molar-refractivity contribution in [1.82, 2.24) is 0 Å². The fourth-order valence-corrected chi connectivity index (χ4v) is 16.0. The van der Waals surface area contributed by atoms with E-state index >= 15 is 0 Å². The maximum atomic E-state index is 12.8. The van der Waals surface area contributed by atoms with Gasteiger partial charge in [0.2, 0.25) is 0 Å². The van der Waals surface area contributed by atoms with Gasteiger partial charge in [0, 0.05) is 0 Å². The first-order valence-corrected chi connectivity index (χ1v) is 27.4. The Morgan fingerprint density at radius 1 is 0.618 bits per heavy atom. The Bertz CT molecular complexity index is 1970. The molecule has 76 heavy (non-hydrogen) atoms. The summed E-state index contributed by atoms with van der Waals surface area (Å²) in [5, 5.41) is 162. The molecule has 4 saturated heterocycles. The molecule has 4 saturated carbocycles. The summed E-state index contributed by atoms with van der Waals surface area (Å²) in [6.45, 7) is 16.4. The number of hydrogen-bond donors (Lipinski definition) is 15. The molecule has 0 aromatic rings. The van der Waals surface area contributed by atoms with E-state index in [4.69, 9.17) is 37.9 Å². The Morgan fingerprint density at radius 3 is 1.82 bits per heavy atom. The van der Waals surface area contributed by atoms with Gasteiger partial charge in [-0.05, 0) is 117 Å². The van der Waals surface area contributed by atoms with Gasteiger partial charge in [0.05, 0.1) is 50.3 Å². The summed E-state index contributed by atoms with van der Waals surface area (Å²) >= 11 is 0. The lowest BCUT2D eigenvalue weighted by Crippen LogP contribution is -2.68. The lowest BCUT2D eigenvalue weighted by molar-refractivity contribution is -0.378. The molecule has 8 rings (SSSR count). The minimum atomic E-state index is -1.82. The Kier molecular flexibility index (Phi) is 18.3. The van der Waals surface area contributed by atoms with Crippen LogP contribution in [0.15, 0.2) is 12.2 Å². The van der Waals surface area contributed by atoms with Gasteiger partial charge in [-0.2, -0.15) is 0 Å². The summed E-state index contributed by atoms with van der Waals surface area (Å²) in [4.78, 5) is 0. The summed E-state index contributed by atoms with van der Waals surface area (Å²) in [6, 6.07) is 0. The largest absolute Gasteiger partial charge is 0.394 e. The third kappa shape index (κ3) is 10.5. The third-order valence-corrected chi connectivity index (χ3v) is 20.8. The molecule has 0 amide bonds. The smallest absolute Gasteiger partial charge is 0.187 e.